The van der Waals surface area contributed by atoms with Gasteiger partial charge in [0.15, 0.2) is 0 Å². The van der Waals surface area contributed by atoms with Crippen LogP contribution in [0.1, 0.15) is 12.5 Å². The summed E-state index contributed by atoms with van der Waals surface area (Å²) in [6, 6.07) is 19.5. The Bertz CT molecular complexity index is 485. The zero-order valence-corrected chi connectivity index (χ0v) is 12.1. The van der Waals surface area contributed by atoms with Crippen molar-refractivity contribution in [2.75, 3.05) is 20.6 Å². The predicted molar refractivity (Wildman–Crippen MR) is 83.3 cm³/mol. The molecule has 2 aromatic carbocycles. The first-order valence-corrected chi connectivity index (χ1v) is 6.94. The van der Waals surface area contributed by atoms with Crippen LogP contribution >= 0.6 is 0 Å². The summed E-state index contributed by atoms with van der Waals surface area (Å²) < 4.78 is 0. The number of rotatable bonds is 5. The van der Waals surface area contributed by atoms with Gasteiger partial charge in [-0.25, -0.2) is 0 Å². The highest BCUT2D eigenvalue weighted by Gasteiger charge is 2.05. The highest BCUT2D eigenvalue weighted by Crippen LogP contribution is 2.20. The minimum atomic E-state index is 0.692. The van der Waals surface area contributed by atoms with E-state index in [0.29, 0.717) is 5.92 Å². The van der Waals surface area contributed by atoms with E-state index in [9.17, 15) is 0 Å². The molecule has 0 radical (unpaired) electrons. The molecule has 0 aliphatic heterocycles. The summed E-state index contributed by atoms with van der Waals surface area (Å²) >= 11 is 0. The maximum atomic E-state index is 2.31. The fourth-order valence-electron chi connectivity index (χ4n) is 2.55. The predicted octanol–water partition coefficient (Wildman–Crippen LogP) is 4.09. The van der Waals surface area contributed by atoms with E-state index in [0.717, 1.165) is 13.0 Å². The van der Waals surface area contributed by atoms with E-state index in [2.05, 4.69) is 80.5 Å². The van der Waals surface area contributed by atoms with Gasteiger partial charge in [-0.15, -0.1) is 0 Å². The molecule has 2 rings (SSSR count). The first kappa shape index (κ1) is 13.8. The summed E-state index contributed by atoms with van der Waals surface area (Å²) in [5.74, 6) is 0.692. The molecule has 19 heavy (non-hydrogen) atoms. The molecule has 0 N–H and O–H groups in total. The normalized spacial score (nSPS) is 12.6. The molecule has 0 aliphatic carbocycles. The van der Waals surface area contributed by atoms with Gasteiger partial charge >= 0.3 is 0 Å². The molecule has 0 aliphatic rings. The molecule has 0 saturated carbocycles. The van der Waals surface area contributed by atoms with Crippen molar-refractivity contribution >= 4 is 0 Å². The second-order valence-corrected chi connectivity index (χ2v) is 5.63. The lowest BCUT2D eigenvalue weighted by molar-refractivity contribution is 0.338. The van der Waals surface area contributed by atoms with Gasteiger partial charge in [0.2, 0.25) is 0 Å². The summed E-state index contributed by atoms with van der Waals surface area (Å²) in [4.78, 5) is 2.25. The van der Waals surface area contributed by atoms with Crippen LogP contribution in [0.2, 0.25) is 0 Å². The minimum absolute atomic E-state index is 0.692. The third-order valence-electron chi connectivity index (χ3n) is 3.32. The summed E-state index contributed by atoms with van der Waals surface area (Å²) in [5.41, 5.74) is 4.01. The van der Waals surface area contributed by atoms with Crippen LogP contribution in [0.4, 0.5) is 0 Å². The Balaban J connectivity index is 2.03. The van der Waals surface area contributed by atoms with Gasteiger partial charge in [0, 0.05) is 6.54 Å². The van der Waals surface area contributed by atoms with E-state index in [1.165, 1.54) is 16.7 Å². The van der Waals surface area contributed by atoms with Gasteiger partial charge in [-0.2, -0.15) is 0 Å². The van der Waals surface area contributed by atoms with Crippen molar-refractivity contribution in [2.45, 2.75) is 13.3 Å². The summed E-state index contributed by atoms with van der Waals surface area (Å²) in [6.45, 7) is 3.45. The number of nitrogens with zero attached hydrogens (tertiary/aromatic N) is 1. The minimum Gasteiger partial charge on any atom is -0.309 e. The Kier molecular flexibility index (Phi) is 4.75. The van der Waals surface area contributed by atoms with Crippen molar-refractivity contribution in [1.82, 2.24) is 4.90 Å². The quantitative estimate of drug-likeness (QED) is 0.775. The highest BCUT2D eigenvalue weighted by atomic mass is 15.1. The molecule has 1 atom stereocenters. The standard InChI is InChI=1S/C18H23N/c1-15(14-19(2)3)13-16-9-11-18(12-10-16)17-7-5-4-6-8-17/h4-12,15H,13-14H2,1-3H3. The molecule has 0 bridgehead atoms. The molecule has 0 spiro atoms. The molecule has 1 nitrogen and oxygen atoms in total. The maximum absolute atomic E-state index is 2.31. The molecule has 0 fully saturated rings. The van der Waals surface area contributed by atoms with E-state index in [1.807, 2.05) is 0 Å². The zero-order valence-electron chi connectivity index (χ0n) is 12.1. The van der Waals surface area contributed by atoms with Crippen LogP contribution in [0.25, 0.3) is 11.1 Å². The van der Waals surface area contributed by atoms with Crippen LogP contribution in [0.15, 0.2) is 54.6 Å². The lowest BCUT2D eigenvalue weighted by atomic mass is 9.98. The van der Waals surface area contributed by atoms with Crippen molar-refractivity contribution in [3.63, 3.8) is 0 Å². The third kappa shape index (κ3) is 4.22. The van der Waals surface area contributed by atoms with E-state index >= 15 is 0 Å². The maximum Gasteiger partial charge on any atom is 0.000410 e. The third-order valence-corrected chi connectivity index (χ3v) is 3.32. The zero-order chi connectivity index (χ0) is 13.7. The van der Waals surface area contributed by atoms with E-state index in [-0.39, 0.29) is 0 Å². The monoisotopic (exact) mass is 253 g/mol. The van der Waals surface area contributed by atoms with Crippen molar-refractivity contribution in [2.24, 2.45) is 5.92 Å². The summed E-state index contributed by atoms with van der Waals surface area (Å²) in [5, 5.41) is 0. The van der Waals surface area contributed by atoms with Gasteiger partial charge in [-0.1, -0.05) is 61.5 Å². The van der Waals surface area contributed by atoms with Crippen molar-refractivity contribution in [3.8, 4) is 11.1 Å². The molecule has 0 heterocycles. The van der Waals surface area contributed by atoms with Crippen molar-refractivity contribution in [3.05, 3.63) is 60.2 Å². The first-order chi connectivity index (χ1) is 9.15. The Morgan fingerprint density at radius 3 is 2.00 bits per heavy atom. The van der Waals surface area contributed by atoms with Gasteiger partial charge in [-0.05, 0) is 43.1 Å². The largest absolute Gasteiger partial charge is 0.309 e. The molecule has 0 saturated heterocycles. The summed E-state index contributed by atoms with van der Waals surface area (Å²) in [7, 11) is 4.27. The fraction of sp³-hybridized carbons (Fsp3) is 0.333. The number of hydrogen-bond acceptors (Lipinski definition) is 1. The van der Waals surface area contributed by atoms with Crippen LogP contribution < -0.4 is 0 Å². The van der Waals surface area contributed by atoms with Crippen molar-refractivity contribution in [1.29, 1.82) is 0 Å². The average molecular weight is 253 g/mol. The van der Waals surface area contributed by atoms with E-state index in [4.69, 9.17) is 0 Å². The van der Waals surface area contributed by atoms with Crippen molar-refractivity contribution < 1.29 is 0 Å². The van der Waals surface area contributed by atoms with Gasteiger partial charge in [-0.3, -0.25) is 0 Å². The van der Waals surface area contributed by atoms with Gasteiger partial charge < -0.3 is 4.90 Å². The second-order valence-electron chi connectivity index (χ2n) is 5.63. The molecule has 100 valence electrons. The average Bonchev–Trinajstić information content (AvgIpc) is 2.39. The van der Waals surface area contributed by atoms with Crippen LogP contribution in [0.5, 0.6) is 0 Å². The second kappa shape index (κ2) is 6.53. The summed E-state index contributed by atoms with van der Waals surface area (Å²) in [6.07, 6.45) is 1.15. The van der Waals surface area contributed by atoms with Gasteiger partial charge in [0.1, 0.15) is 0 Å². The highest BCUT2D eigenvalue weighted by molar-refractivity contribution is 5.63. The molecule has 2 aromatic rings. The first-order valence-electron chi connectivity index (χ1n) is 6.94. The Morgan fingerprint density at radius 2 is 1.42 bits per heavy atom. The van der Waals surface area contributed by atoms with Crippen LogP contribution in [-0.4, -0.2) is 25.5 Å². The van der Waals surface area contributed by atoms with Crippen LogP contribution in [0, 0.1) is 5.92 Å². The molecule has 0 aromatic heterocycles. The number of benzene rings is 2. The Labute approximate surface area is 116 Å². The Hall–Kier alpha value is -1.60. The van der Waals surface area contributed by atoms with E-state index < -0.39 is 0 Å². The molecular formula is C18H23N. The Morgan fingerprint density at radius 1 is 0.842 bits per heavy atom. The fourth-order valence-corrected chi connectivity index (χ4v) is 2.55. The smallest absolute Gasteiger partial charge is 0.000410 e. The lowest BCUT2D eigenvalue weighted by Gasteiger charge is -2.16. The SMILES string of the molecule is CC(Cc1ccc(-c2ccccc2)cc1)CN(C)C. The number of hydrogen-bond donors (Lipinski definition) is 0. The molecule has 0 amide bonds. The van der Waals surface area contributed by atoms with Crippen LogP contribution in [-0.2, 0) is 6.42 Å². The molecule has 1 heteroatoms. The molecule has 1 unspecified atom stereocenters. The van der Waals surface area contributed by atoms with Gasteiger partial charge in [0.05, 0.1) is 0 Å². The molecular weight excluding hydrogens is 230 g/mol. The topological polar surface area (TPSA) is 3.24 Å². The lowest BCUT2D eigenvalue weighted by Crippen LogP contribution is -2.21. The van der Waals surface area contributed by atoms with Gasteiger partial charge in [0.25, 0.3) is 0 Å². The van der Waals surface area contributed by atoms with E-state index in [1.54, 1.807) is 0 Å². The van der Waals surface area contributed by atoms with Crippen LogP contribution in [0.3, 0.4) is 0 Å².